The number of amides is 2. The zero-order chi connectivity index (χ0) is 17.1. The second-order valence-electron chi connectivity index (χ2n) is 6.02. The molecule has 0 aliphatic carbocycles. The van der Waals surface area contributed by atoms with E-state index in [2.05, 4.69) is 21.6 Å². The molecule has 0 saturated heterocycles. The number of nitrogens with one attached hydrogen (secondary N) is 1. The number of aryl methyl sites for hydroxylation is 1. The van der Waals surface area contributed by atoms with Gasteiger partial charge in [0.25, 0.3) is 0 Å². The summed E-state index contributed by atoms with van der Waals surface area (Å²) in [6, 6.07) is 7.80. The fourth-order valence-corrected chi connectivity index (χ4v) is 3.14. The van der Waals surface area contributed by atoms with Crippen LogP contribution >= 0.6 is 0 Å². The first kappa shape index (κ1) is 16.2. The van der Waals surface area contributed by atoms with E-state index in [1.165, 1.54) is 5.56 Å². The number of aromatic nitrogens is 3. The van der Waals surface area contributed by atoms with Gasteiger partial charge in [0.1, 0.15) is 6.33 Å². The first-order valence-corrected chi connectivity index (χ1v) is 8.01. The van der Waals surface area contributed by atoms with Crippen molar-refractivity contribution in [1.82, 2.24) is 25.0 Å². The maximum atomic E-state index is 12.4. The van der Waals surface area contributed by atoms with Gasteiger partial charge in [-0.2, -0.15) is 0 Å². The minimum absolute atomic E-state index is 0.00407. The van der Waals surface area contributed by atoms with Crippen molar-refractivity contribution in [2.75, 3.05) is 6.54 Å². The lowest BCUT2D eigenvalue weighted by atomic mass is 9.90. The van der Waals surface area contributed by atoms with E-state index in [1.54, 1.807) is 22.7 Å². The largest absolute Gasteiger partial charge is 0.349 e. The van der Waals surface area contributed by atoms with Gasteiger partial charge in [0.05, 0.1) is 19.0 Å². The number of rotatable bonds is 4. The number of fused-ring (bicyclic) bond motifs is 1. The molecule has 1 aromatic carbocycles. The van der Waals surface area contributed by atoms with Gasteiger partial charge in [0, 0.05) is 20.5 Å². The summed E-state index contributed by atoms with van der Waals surface area (Å²) in [5.41, 5.74) is 2.27. The molecule has 1 aliphatic heterocycles. The summed E-state index contributed by atoms with van der Waals surface area (Å²) in [7, 11) is 1.83. The van der Waals surface area contributed by atoms with Crippen LogP contribution in [0.3, 0.4) is 0 Å². The third-order valence-corrected chi connectivity index (χ3v) is 4.44. The Bertz CT molecular complexity index is 755. The second-order valence-corrected chi connectivity index (χ2v) is 6.02. The van der Waals surface area contributed by atoms with Crippen LogP contribution in [0, 0.1) is 0 Å². The van der Waals surface area contributed by atoms with Gasteiger partial charge < -0.3 is 14.8 Å². The number of hydrogen-bond donors (Lipinski definition) is 1. The van der Waals surface area contributed by atoms with Crippen LogP contribution in [-0.2, 0) is 29.6 Å². The van der Waals surface area contributed by atoms with Gasteiger partial charge in [-0.25, -0.2) is 0 Å². The Morgan fingerprint density at radius 2 is 2.12 bits per heavy atom. The molecule has 126 valence electrons. The molecule has 0 spiro atoms. The van der Waals surface area contributed by atoms with Gasteiger partial charge in [0.2, 0.25) is 11.8 Å². The van der Waals surface area contributed by atoms with Crippen LogP contribution in [0.25, 0.3) is 0 Å². The van der Waals surface area contributed by atoms with Gasteiger partial charge in [-0.3, -0.25) is 9.59 Å². The highest BCUT2D eigenvalue weighted by Crippen LogP contribution is 2.32. The molecule has 7 nitrogen and oxygen atoms in total. The highest BCUT2D eigenvalue weighted by molar-refractivity contribution is 5.79. The number of carbonyl (C=O) groups excluding carboxylic acids is 2. The predicted molar refractivity (Wildman–Crippen MR) is 87.7 cm³/mol. The zero-order valence-corrected chi connectivity index (χ0v) is 13.9. The highest BCUT2D eigenvalue weighted by atomic mass is 16.2. The van der Waals surface area contributed by atoms with E-state index in [4.69, 9.17) is 0 Å². The first-order chi connectivity index (χ1) is 11.6. The smallest absolute Gasteiger partial charge is 0.222 e. The minimum Gasteiger partial charge on any atom is -0.349 e. The Morgan fingerprint density at radius 1 is 1.33 bits per heavy atom. The number of hydrogen-bond acceptors (Lipinski definition) is 4. The van der Waals surface area contributed by atoms with E-state index in [0.29, 0.717) is 18.9 Å². The van der Waals surface area contributed by atoms with E-state index in [1.807, 2.05) is 25.2 Å². The summed E-state index contributed by atoms with van der Waals surface area (Å²) < 4.78 is 1.76. The van der Waals surface area contributed by atoms with Gasteiger partial charge in [-0.15, -0.1) is 10.2 Å². The molecule has 0 radical (unpaired) electrons. The minimum atomic E-state index is -0.216. The monoisotopic (exact) mass is 327 g/mol. The normalized spacial score (nSPS) is 16.6. The number of benzene rings is 1. The molecule has 1 atom stereocenters. The summed E-state index contributed by atoms with van der Waals surface area (Å²) in [6.07, 6.45) is 2.66. The predicted octanol–water partition coefficient (Wildman–Crippen LogP) is 0.967. The van der Waals surface area contributed by atoms with Gasteiger partial charge in [-0.1, -0.05) is 24.3 Å². The van der Waals surface area contributed by atoms with Crippen LogP contribution in [0.5, 0.6) is 0 Å². The molecular weight excluding hydrogens is 306 g/mol. The molecule has 2 heterocycles. The Labute approximate surface area is 140 Å². The summed E-state index contributed by atoms with van der Waals surface area (Å²) in [5, 5.41) is 10.6. The van der Waals surface area contributed by atoms with Crippen LogP contribution in [0.2, 0.25) is 0 Å². The molecule has 2 aromatic rings. The topological polar surface area (TPSA) is 80.1 Å². The maximum absolute atomic E-state index is 12.4. The quantitative estimate of drug-likeness (QED) is 0.907. The molecule has 24 heavy (non-hydrogen) atoms. The van der Waals surface area contributed by atoms with E-state index in [0.717, 1.165) is 12.0 Å². The molecule has 1 aliphatic rings. The molecule has 0 saturated carbocycles. The zero-order valence-electron chi connectivity index (χ0n) is 13.9. The molecule has 2 amide bonds. The average molecular weight is 327 g/mol. The molecule has 1 aromatic heterocycles. The molecule has 1 unspecified atom stereocenters. The van der Waals surface area contributed by atoms with Crippen molar-refractivity contribution >= 4 is 11.8 Å². The third kappa shape index (κ3) is 3.29. The maximum Gasteiger partial charge on any atom is 0.222 e. The van der Waals surface area contributed by atoms with Crippen molar-refractivity contribution in [1.29, 1.82) is 0 Å². The Morgan fingerprint density at radius 3 is 2.83 bits per heavy atom. The lowest BCUT2D eigenvalue weighted by molar-refractivity contribution is -0.133. The molecule has 3 rings (SSSR count). The molecule has 0 bridgehead atoms. The Kier molecular flexibility index (Phi) is 4.59. The molecule has 0 fully saturated rings. The average Bonchev–Trinajstić information content (AvgIpc) is 2.98. The standard InChI is InChI=1S/C17H21N5O2/c1-12(23)22-8-7-13-5-3-4-6-14(13)15(22)9-17(24)18-10-16-20-19-11-21(16)2/h3-6,11,15H,7-10H2,1-2H3,(H,18,24). The van der Waals surface area contributed by atoms with Gasteiger partial charge in [0.15, 0.2) is 5.82 Å². The van der Waals surface area contributed by atoms with Gasteiger partial charge >= 0.3 is 0 Å². The van der Waals surface area contributed by atoms with E-state index in [-0.39, 0.29) is 24.3 Å². The fourth-order valence-electron chi connectivity index (χ4n) is 3.14. The van der Waals surface area contributed by atoms with Crippen molar-refractivity contribution in [2.24, 2.45) is 7.05 Å². The fraction of sp³-hybridized carbons (Fsp3) is 0.412. The summed E-state index contributed by atoms with van der Waals surface area (Å²) in [6.45, 7) is 2.52. The van der Waals surface area contributed by atoms with Crippen LogP contribution < -0.4 is 5.32 Å². The lowest BCUT2D eigenvalue weighted by Crippen LogP contribution is -2.41. The van der Waals surface area contributed by atoms with Crippen LogP contribution in [-0.4, -0.2) is 38.0 Å². The van der Waals surface area contributed by atoms with Crippen LogP contribution in [0.4, 0.5) is 0 Å². The second kappa shape index (κ2) is 6.82. The molecule has 1 N–H and O–H groups in total. The Hall–Kier alpha value is -2.70. The SMILES string of the molecule is CC(=O)N1CCc2ccccc2C1CC(=O)NCc1nncn1C. The van der Waals surface area contributed by atoms with E-state index < -0.39 is 0 Å². The third-order valence-electron chi connectivity index (χ3n) is 4.44. The van der Waals surface area contributed by atoms with Crippen molar-refractivity contribution < 1.29 is 9.59 Å². The lowest BCUT2D eigenvalue weighted by Gasteiger charge is -2.36. The molecule has 7 heteroatoms. The Balaban J connectivity index is 1.72. The van der Waals surface area contributed by atoms with Crippen LogP contribution in [0.1, 0.15) is 36.3 Å². The van der Waals surface area contributed by atoms with Crippen molar-refractivity contribution in [2.45, 2.75) is 32.4 Å². The van der Waals surface area contributed by atoms with Crippen LogP contribution in [0.15, 0.2) is 30.6 Å². The number of nitrogens with zero attached hydrogens (tertiary/aromatic N) is 4. The highest BCUT2D eigenvalue weighted by Gasteiger charge is 2.30. The number of carbonyl (C=O) groups is 2. The summed E-state index contributed by atoms with van der Waals surface area (Å²) in [5.74, 6) is 0.581. The summed E-state index contributed by atoms with van der Waals surface area (Å²) in [4.78, 5) is 26.1. The van der Waals surface area contributed by atoms with Crippen molar-refractivity contribution in [3.63, 3.8) is 0 Å². The van der Waals surface area contributed by atoms with Crippen molar-refractivity contribution in [3.05, 3.63) is 47.5 Å². The first-order valence-electron chi connectivity index (χ1n) is 8.01. The van der Waals surface area contributed by atoms with E-state index >= 15 is 0 Å². The van der Waals surface area contributed by atoms with Gasteiger partial charge in [-0.05, 0) is 17.5 Å². The molecular formula is C17H21N5O2. The summed E-state index contributed by atoms with van der Waals surface area (Å²) >= 11 is 0. The van der Waals surface area contributed by atoms with E-state index in [9.17, 15) is 9.59 Å². The van der Waals surface area contributed by atoms with Crippen molar-refractivity contribution in [3.8, 4) is 0 Å².